The number of aromatic hydroxyl groups is 3. The van der Waals surface area contributed by atoms with Crippen molar-refractivity contribution in [2.24, 2.45) is 23.1 Å². The molecule has 0 unspecified atom stereocenters. The SMILES string of the molecule is CN[C@H](CC(C)C)C(=O)N[C@H]1C(=O)N[C@@H](CC(N)=O)C(=O)N[C@H]2C(=O)N[C@H]3C(=O)N[C@H](C(=O)N[C@H](C(=O)NO)c4cc(O)cc(O)c4-c4cc3ccc4O)[C@H](O[C@H]3C[C@](C)(N)[C@@H](O)[C@H](C)O3)c3ccc(cc3)Oc3cc2cc(c3O[C@@H]2O[C@H](CO)[C@@H](O)[C@H](O)[C@H]2O[C@H]2C[C@](C)(N)[C@@H](O)[C@H](C)O2)Oc2ccc(cc2Cl)[C@H]1O. The molecule has 5 aromatic rings. The number of fused-ring (bicyclic) bond motifs is 15. The van der Waals surface area contributed by atoms with Crippen molar-refractivity contribution in [1.29, 1.82) is 0 Å². The lowest BCUT2D eigenvalue weighted by molar-refractivity contribution is -0.333. The first-order chi connectivity index (χ1) is 52.4. The number of rotatable bonds is 15. The normalized spacial score (nSPS) is 32.0. The lowest BCUT2D eigenvalue weighted by Crippen LogP contribution is -2.64. The summed E-state index contributed by atoms with van der Waals surface area (Å²) in [7, 11) is 1.48. The first-order valence-corrected chi connectivity index (χ1v) is 35.8. The highest BCUT2D eigenvalue weighted by Gasteiger charge is 2.52. The van der Waals surface area contributed by atoms with Crippen molar-refractivity contribution < 1.29 is 127 Å². The molecule has 11 bridgehead atoms. The fraction of sp³-hybridized carbons (Fsp3) is 0.479. The van der Waals surface area contributed by atoms with Crippen LogP contribution in [0.3, 0.4) is 0 Å². The number of halogens is 1. The second kappa shape index (κ2) is 33.3. The van der Waals surface area contributed by atoms with Gasteiger partial charge in [0.05, 0.1) is 48.5 Å². The monoisotopic (exact) mass is 1570 g/mol. The lowest BCUT2D eigenvalue weighted by Gasteiger charge is -2.47. The van der Waals surface area contributed by atoms with Crippen molar-refractivity contribution in [1.82, 2.24) is 42.7 Å². The molecule has 8 amide bonds. The number of nitrogens with one attached hydrogen (secondary N) is 8. The summed E-state index contributed by atoms with van der Waals surface area (Å²) in [6.07, 6.45) is -22.4. The van der Waals surface area contributed by atoms with E-state index in [0.717, 1.165) is 48.5 Å². The molecule has 600 valence electrons. The molecule has 24 N–H and O–H groups in total. The summed E-state index contributed by atoms with van der Waals surface area (Å²) in [5.41, 5.74) is 15.1. The molecule has 0 aliphatic carbocycles. The van der Waals surface area contributed by atoms with E-state index < -0.39 is 250 Å². The predicted octanol–water partition coefficient (Wildman–Crippen LogP) is -0.889. The summed E-state index contributed by atoms with van der Waals surface area (Å²) >= 11 is 7.14. The number of ether oxygens (including phenoxy) is 8. The predicted molar refractivity (Wildman–Crippen MR) is 383 cm³/mol. The number of hydroxylamine groups is 1. The summed E-state index contributed by atoms with van der Waals surface area (Å²) in [5.74, 6) is -15.1. The Balaban J connectivity index is 1.18. The van der Waals surface area contributed by atoms with Crippen molar-refractivity contribution in [2.45, 2.75) is 201 Å². The smallest absolute Gasteiger partial charge is 0.270 e. The zero-order valence-corrected chi connectivity index (χ0v) is 61.6. The van der Waals surface area contributed by atoms with E-state index >= 15 is 19.2 Å². The van der Waals surface area contributed by atoms with Crippen molar-refractivity contribution in [3.63, 3.8) is 0 Å². The number of primary amides is 1. The first kappa shape index (κ1) is 82.3. The molecule has 0 radical (unpaired) electrons. The summed E-state index contributed by atoms with van der Waals surface area (Å²) < 4.78 is 51.7. The Bertz CT molecular complexity index is 4370. The molecular weight excluding hydrogens is 1480 g/mol. The van der Waals surface area contributed by atoms with E-state index in [9.17, 15) is 70.3 Å². The molecule has 0 spiro atoms. The van der Waals surface area contributed by atoms with Crippen molar-refractivity contribution in [2.75, 3.05) is 13.7 Å². The minimum Gasteiger partial charge on any atom is -0.508 e. The van der Waals surface area contributed by atoms with E-state index in [0.29, 0.717) is 0 Å². The van der Waals surface area contributed by atoms with E-state index in [2.05, 4.69) is 37.2 Å². The fourth-order valence-electron chi connectivity index (χ4n) is 14.3. The van der Waals surface area contributed by atoms with Gasteiger partial charge >= 0.3 is 0 Å². The van der Waals surface area contributed by atoms with Crippen LogP contribution in [0.2, 0.25) is 5.02 Å². The average molecular weight is 1570 g/mol. The number of hydrogen-bond acceptors (Lipinski definition) is 29. The van der Waals surface area contributed by atoms with Crippen molar-refractivity contribution in [3.8, 4) is 57.1 Å². The van der Waals surface area contributed by atoms with Crippen molar-refractivity contribution >= 4 is 58.9 Å². The van der Waals surface area contributed by atoms with Crippen LogP contribution in [0.1, 0.15) is 125 Å². The van der Waals surface area contributed by atoms with Gasteiger partial charge in [0.15, 0.2) is 30.2 Å². The Hall–Kier alpha value is -9.65. The number of aliphatic hydroxyl groups excluding tert-OH is 6. The number of carbonyl (C=O) groups excluding carboxylic acids is 8. The van der Waals surface area contributed by atoms with Gasteiger partial charge in [-0.15, -0.1) is 0 Å². The topological polar surface area (TPSA) is 587 Å². The average Bonchev–Trinajstić information content (AvgIpc) is 0.770. The summed E-state index contributed by atoms with van der Waals surface area (Å²) in [4.78, 5) is 120. The van der Waals surface area contributed by atoms with Crippen LogP contribution in [0.25, 0.3) is 11.1 Å². The number of aliphatic hydroxyl groups is 6. The summed E-state index contributed by atoms with van der Waals surface area (Å²) in [6, 6.07) is 1.67. The van der Waals surface area contributed by atoms with Gasteiger partial charge in [-0.1, -0.05) is 49.7 Å². The van der Waals surface area contributed by atoms with Crippen LogP contribution in [0, 0.1) is 5.92 Å². The maximum Gasteiger partial charge on any atom is 0.270 e. The molecule has 5 aromatic carbocycles. The van der Waals surface area contributed by atoms with Gasteiger partial charge in [-0.3, -0.25) is 43.6 Å². The Morgan fingerprint density at radius 2 is 1.28 bits per heavy atom. The van der Waals surface area contributed by atoms with Crippen molar-refractivity contribution in [3.05, 3.63) is 118 Å². The maximum absolute atomic E-state index is 16.4. The summed E-state index contributed by atoms with van der Waals surface area (Å²) in [5, 5.41) is 132. The standard InChI is InChI=1S/C73H90ClN11O26/c1-27(2)16-39(78-7)64(96)83-54-56(91)32-11-15-43(38(74)18-32)107-45-20-33-19-44(60(45)111-71-61(58(93)57(92)46(26-86)108-71)110-49-25-73(6,77)63(95)29(4)105-49)106-35-12-8-30(9-13-35)59(109-48-24-72(5,76)62(94)28(3)104-48)55-69(101)82-53(70(102)85-103)37-21-34(87)22-42(89)50(37)36-17-31(10-14-41(36)88)51(66(98)84-55)81-67(99)52(33)80-65(97)40(23-47(75)90)79-68(54)100/h8-15,17-22,27-29,39-40,46,48-49,51-59,61-63,71,78,86-89,91-95,103H,16,23-26,76-77H2,1-7H3,(H2,75,90)(H,79,100)(H,80,97)(H,81,99)(H,82,101)(H,83,96)(H,84,98)(H,85,102)/t28-,29-,39+,40-,46+,48-,49-,51+,52+,53-,54+,55-,56+,57+,58-,59+,61+,62-,63-,71-,72-,73-/m0/s1. The summed E-state index contributed by atoms with van der Waals surface area (Å²) in [6.45, 7) is 8.65. The molecule has 8 aliphatic rings. The van der Waals surface area contributed by atoms with Crippen LogP contribution in [0.4, 0.5) is 0 Å². The zero-order valence-electron chi connectivity index (χ0n) is 60.9. The van der Waals surface area contributed by atoms with E-state index in [1.807, 2.05) is 13.8 Å². The van der Waals surface area contributed by atoms with Gasteiger partial charge in [0.25, 0.3) is 5.91 Å². The van der Waals surface area contributed by atoms with E-state index in [-0.39, 0.29) is 58.4 Å². The highest BCUT2D eigenvalue weighted by Crippen LogP contribution is 2.50. The Morgan fingerprint density at radius 1 is 0.676 bits per heavy atom. The number of nitrogens with two attached hydrogens (primary N) is 3. The number of hydrogen-bond donors (Lipinski definition) is 21. The van der Waals surface area contributed by atoms with Gasteiger partial charge < -0.3 is 138 Å². The zero-order chi connectivity index (χ0) is 80.7. The number of phenols is 3. The second-order valence-electron chi connectivity index (χ2n) is 29.3. The molecule has 8 heterocycles. The fourth-order valence-corrected chi connectivity index (χ4v) is 14.5. The van der Waals surface area contributed by atoms with Crippen LogP contribution in [0.5, 0.6) is 46.0 Å². The van der Waals surface area contributed by atoms with Crippen LogP contribution >= 0.6 is 11.6 Å². The van der Waals surface area contributed by atoms with Gasteiger partial charge in [-0.05, 0) is 129 Å². The molecule has 38 heteroatoms. The van der Waals surface area contributed by atoms with Gasteiger partial charge in [0.2, 0.25) is 53.4 Å². The largest absolute Gasteiger partial charge is 0.508 e. The third-order valence-electron chi connectivity index (χ3n) is 20.2. The molecular formula is C73H90ClN11O26. The third kappa shape index (κ3) is 17.7. The number of carbonyl (C=O) groups is 8. The Kier molecular flexibility index (Phi) is 24.7. The third-order valence-corrected chi connectivity index (χ3v) is 20.5. The highest BCUT2D eigenvalue weighted by atomic mass is 35.5. The molecule has 13 rings (SSSR count). The number of benzene rings is 5. The molecule has 3 saturated heterocycles. The minimum absolute atomic E-state index is 0.0408. The molecule has 37 nitrogen and oxygen atoms in total. The Morgan fingerprint density at radius 3 is 1.88 bits per heavy atom. The van der Waals surface area contributed by atoms with Gasteiger partial charge in [-0.2, -0.15) is 0 Å². The molecule has 8 aliphatic heterocycles. The van der Waals surface area contributed by atoms with Gasteiger partial charge in [-0.25, -0.2) is 5.48 Å². The molecule has 0 aromatic heterocycles. The van der Waals surface area contributed by atoms with E-state index in [4.69, 9.17) is 66.7 Å². The highest BCUT2D eigenvalue weighted by molar-refractivity contribution is 6.32. The van der Waals surface area contributed by atoms with E-state index in [1.54, 1.807) is 0 Å². The molecule has 22 atom stereocenters. The Labute approximate surface area is 638 Å². The van der Waals surface area contributed by atoms with Gasteiger partial charge in [0, 0.05) is 41.1 Å². The number of phenolic OH excluding ortho intramolecular Hbond substituents is 3. The number of amides is 8. The van der Waals surface area contributed by atoms with Crippen LogP contribution in [0.15, 0.2) is 84.9 Å². The van der Waals surface area contributed by atoms with Crippen LogP contribution < -0.4 is 74.1 Å². The lowest BCUT2D eigenvalue weighted by atomic mass is 9.86. The molecule has 0 saturated carbocycles. The second-order valence-corrected chi connectivity index (χ2v) is 29.7. The van der Waals surface area contributed by atoms with Crippen LogP contribution in [-0.2, 0) is 62.0 Å². The van der Waals surface area contributed by atoms with E-state index in [1.165, 1.54) is 76.6 Å². The molecule has 3 fully saturated rings. The van der Waals surface area contributed by atoms with Crippen LogP contribution in [-0.4, -0.2) is 215 Å². The van der Waals surface area contributed by atoms with Gasteiger partial charge in [0.1, 0.15) is 95.5 Å². The quantitative estimate of drug-likeness (QED) is 0.0447. The minimum atomic E-state index is -2.35. The number of likely N-dealkylation sites (N-methyl/N-ethyl adjacent to an activating group) is 1. The molecule has 111 heavy (non-hydrogen) atoms. The first-order valence-electron chi connectivity index (χ1n) is 35.5. The maximum atomic E-state index is 16.4.